The summed E-state index contributed by atoms with van der Waals surface area (Å²) >= 11 is 3.50. The first-order valence-electron chi connectivity index (χ1n) is 5.27. The Bertz CT molecular complexity index is 355. The van der Waals surface area contributed by atoms with Crippen molar-refractivity contribution in [3.63, 3.8) is 0 Å². The molecule has 88 valence electrons. The fourth-order valence-electron chi connectivity index (χ4n) is 1.40. The van der Waals surface area contributed by atoms with E-state index in [-0.39, 0.29) is 5.91 Å². The number of nitrogens with zero attached hydrogens (tertiary/aromatic N) is 1. The van der Waals surface area contributed by atoms with E-state index < -0.39 is 0 Å². The van der Waals surface area contributed by atoms with Gasteiger partial charge >= 0.3 is 0 Å². The highest BCUT2D eigenvalue weighted by molar-refractivity contribution is 9.10. The van der Waals surface area contributed by atoms with Crippen molar-refractivity contribution in [2.75, 3.05) is 27.2 Å². The number of likely N-dealkylation sites (N-methyl/N-ethyl adjacent to an activating group) is 2. The average Bonchev–Trinajstić information content (AvgIpc) is 2.28. The maximum Gasteiger partial charge on any atom is 0.236 e. The smallest absolute Gasteiger partial charge is 0.236 e. The largest absolute Gasteiger partial charge is 0.344 e. The van der Waals surface area contributed by atoms with E-state index in [4.69, 9.17) is 0 Å². The molecule has 0 heterocycles. The number of amides is 1. The highest BCUT2D eigenvalue weighted by atomic mass is 79.9. The van der Waals surface area contributed by atoms with Crippen molar-refractivity contribution in [2.45, 2.75) is 6.42 Å². The second-order valence-electron chi connectivity index (χ2n) is 3.69. The molecule has 16 heavy (non-hydrogen) atoms. The minimum Gasteiger partial charge on any atom is -0.344 e. The van der Waals surface area contributed by atoms with Crippen LogP contribution >= 0.6 is 15.9 Å². The predicted octanol–water partition coefficient (Wildman–Crippen LogP) is 1.67. The molecule has 0 aliphatic heterocycles. The Kier molecular flexibility index (Phi) is 5.49. The number of nitrogens with one attached hydrogen (secondary N) is 1. The summed E-state index contributed by atoms with van der Waals surface area (Å²) in [6, 6.07) is 8.09. The molecular formula is C12H17BrN2O. The van der Waals surface area contributed by atoms with Gasteiger partial charge in [-0.25, -0.2) is 0 Å². The van der Waals surface area contributed by atoms with Gasteiger partial charge in [0.15, 0.2) is 0 Å². The van der Waals surface area contributed by atoms with Crippen molar-refractivity contribution in [3.8, 4) is 0 Å². The van der Waals surface area contributed by atoms with Gasteiger partial charge in [0, 0.05) is 18.1 Å². The molecule has 0 unspecified atom stereocenters. The van der Waals surface area contributed by atoms with E-state index in [9.17, 15) is 4.79 Å². The Morgan fingerprint density at radius 1 is 1.44 bits per heavy atom. The zero-order chi connectivity index (χ0) is 12.0. The predicted molar refractivity (Wildman–Crippen MR) is 69.4 cm³/mol. The molecule has 0 atom stereocenters. The first kappa shape index (κ1) is 13.2. The fourth-order valence-corrected chi connectivity index (χ4v) is 1.88. The van der Waals surface area contributed by atoms with Crippen LogP contribution in [0, 0.1) is 0 Å². The zero-order valence-corrected chi connectivity index (χ0v) is 11.3. The Hall–Kier alpha value is -0.870. The van der Waals surface area contributed by atoms with Gasteiger partial charge in [-0.3, -0.25) is 4.79 Å². The highest BCUT2D eigenvalue weighted by Gasteiger charge is 2.07. The van der Waals surface area contributed by atoms with Crippen molar-refractivity contribution in [3.05, 3.63) is 34.3 Å². The standard InChI is InChI=1S/C12H17BrN2O/c1-14-9-12(16)15(2)8-7-10-5-3-4-6-11(10)13/h3-6,14H,7-9H2,1-2H3. The molecular weight excluding hydrogens is 268 g/mol. The summed E-state index contributed by atoms with van der Waals surface area (Å²) in [5.74, 6) is 0.120. The second-order valence-corrected chi connectivity index (χ2v) is 4.54. The van der Waals surface area contributed by atoms with Crippen LogP contribution in [0.15, 0.2) is 28.7 Å². The second kappa shape index (κ2) is 6.66. The van der Waals surface area contributed by atoms with Gasteiger partial charge in [-0.1, -0.05) is 34.1 Å². The average molecular weight is 285 g/mol. The van der Waals surface area contributed by atoms with Gasteiger partial charge in [0.1, 0.15) is 0 Å². The van der Waals surface area contributed by atoms with Crippen LogP contribution in [0.1, 0.15) is 5.56 Å². The summed E-state index contributed by atoms with van der Waals surface area (Å²) in [5.41, 5.74) is 1.23. The Labute approximate surface area is 105 Å². The molecule has 1 amide bonds. The SMILES string of the molecule is CNCC(=O)N(C)CCc1ccccc1Br. The summed E-state index contributed by atoms with van der Waals surface area (Å²) < 4.78 is 1.10. The summed E-state index contributed by atoms with van der Waals surface area (Å²) in [6.45, 7) is 1.13. The Balaban J connectivity index is 2.46. The third-order valence-corrected chi connectivity index (χ3v) is 3.20. The van der Waals surface area contributed by atoms with Crippen molar-refractivity contribution in [1.82, 2.24) is 10.2 Å². The first-order chi connectivity index (χ1) is 7.65. The quantitative estimate of drug-likeness (QED) is 0.892. The van der Waals surface area contributed by atoms with Gasteiger partial charge in [0.2, 0.25) is 5.91 Å². The summed E-state index contributed by atoms with van der Waals surface area (Å²) in [7, 11) is 3.61. The maximum absolute atomic E-state index is 11.5. The van der Waals surface area contributed by atoms with Crippen molar-refractivity contribution in [2.24, 2.45) is 0 Å². The molecule has 0 aromatic heterocycles. The van der Waals surface area contributed by atoms with Gasteiger partial charge < -0.3 is 10.2 Å². The van der Waals surface area contributed by atoms with Gasteiger partial charge in [-0.05, 0) is 25.1 Å². The molecule has 4 heteroatoms. The molecule has 0 aliphatic carbocycles. The van der Waals surface area contributed by atoms with Gasteiger partial charge in [-0.2, -0.15) is 0 Å². The van der Waals surface area contributed by atoms with Crippen LogP contribution in [0.25, 0.3) is 0 Å². The van der Waals surface area contributed by atoms with Crippen molar-refractivity contribution < 1.29 is 4.79 Å². The van der Waals surface area contributed by atoms with E-state index in [0.29, 0.717) is 6.54 Å². The molecule has 1 N–H and O–H groups in total. The number of rotatable bonds is 5. The summed E-state index contributed by atoms with van der Waals surface area (Å²) in [5, 5.41) is 2.86. The third-order valence-electron chi connectivity index (χ3n) is 2.43. The molecule has 3 nitrogen and oxygen atoms in total. The van der Waals surface area contributed by atoms with E-state index >= 15 is 0 Å². The normalized spacial score (nSPS) is 10.2. The van der Waals surface area contributed by atoms with E-state index in [0.717, 1.165) is 17.4 Å². The Morgan fingerprint density at radius 3 is 2.75 bits per heavy atom. The number of carbonyl (C=O) groups excluding carboxylic acids is 1. The maximum atomic E-state index is 11.5. The van der Waals surface area contributed by atoms with Gasteiger partial charge in [-0.15, -0.1) is 0 Å². The number of hydrogen-bond acceptors (Lipinski definition) is 2. The molecule has 0 radical (unpaired) electrons. The van der Waals surface area contributed by atoms with E-state index in [1.807, 2.05) is 25.2 Å². The van der Waals surface area contributed by atoms with E-state index in [1.165, 1.54) is 5.56 Å². The van der Waals surface area contributed by atoms with Crippen LogP contribution in [0.5, 0.6) is 0 Å². The first-order valence-corrected chi connectivity index (χ1v) is 6.06. The number of halogens is 1. The van der Waals surface area contributed by atoms with Gasteiger partial charge in [0.25, 0.3) is 0 Å². The van der Waals surface area contributed by atoms with Crippen LogP contribution in [-0.4, -0.2) is 38.0 Å². The lowest BCUT2D eigenvalue weighted by Gasteiger charge is -2.17. The lowest BCUT2D eigenvalue weighted by Crippen LogP contribution is -2.35. The topological polar surface area (TPSA) is 32.3 Å². The van der Waals surface area contributed by atoms with Crippen molar-refractivity contribution in [1.29, 1.82) is 0 Å². The van der Waals surface area contributed by atoms with Crippen LogP contribution < -0.4 is 5.32 Å². The van der Waals surface area contributed by atoms with Gasteiger partial charge in [0.05, 0.1) is 6.54 Å². The number of hydrogen-bond donors (Lipinski definition) is 1. The molecule has 0 bridgehead atoms. The van der Waals surface area contributed by atoms with Crippen LogP contribution in [0.4, 0.5) is 0 Å². The molecule has 0 spiro atoms. The minimum atomic E-state index is 0.120. The number of carbonyl (C=O) groups is 1. The van der Waals surface area contributed by atoms with E-state index in [1.54, 1.807) is 11.9 Å². The Morgan fingerprint density at radius 2 is 2.12 bits per heavy atom. The van der Waals surface area contributed by atoms with Crippen LogP contribution in [0.3, 0.4) is 0 Å². The molecule has 1 aromatic carbocycles. The molecule has 0 saturated heterocycles. The van der Waals surface area contributed by atoms with Crippen LogP contribution in [0.2, 0.25) is 0 Å². The monoisotopic (exact) mass is 284 g/mol. The lowest BCUT2D eigenvalue weighted by atomic mass is 10.1. The zero-order valence-electron chi connectivity index (χ0n) is 9.66. The molecule has 0 fully saturated rings. The number of benzene rings is 1. The molecule has 1 rings (SSSR count). The lowest BCUT2D eigenvalue weighted by molar-refractivity contribution is -0.128. The highest BCUT2D eigenvalue weighted by Crippen LogP contribution is 2.16. The molecule has 1 aromatic rings. The summed E-state index contributed by atoms with van der Waals surface area (Å²) in [4.78, 5) is 13.2. The molecule has 0 aliphatic rings. The van der Waals surface area contributed by atoms with Crippen molar-refractivity contribution >= 4 is 21.8 Å². The van der Waals surface area contributed by atoms with Crippen LogP contribution in [-0.2, 0) is 11.2 Å². The molecule has 0 saturated carbocycles. The fraction of sp³-hybridized carbons (Fsp3) is 0.417. The summed E-state index contributed by atoms with van der Waals surface area (Å²) in [6.07, 6.45) is 0.868. The minimum absolute atomic E-state index is 0.120. The third kappa shape index (κ3) is 3.94. The van der Waals surface area contributed by atoms with E-state index in [2.05, 4.69) is 27.3 Å².